The Kier molecular flexibility index (Phi) is 5.51. The van der Waals surface area contributed by atoms with Gasteiger partial charge in [-0.2, -0.15) is 10.1 Å². The van der Waals surface area contributed by atoms with Crippen LogP contribution < -0.4 is 5.01 Å². The fraction of sp³-hybridized carbons (Fsp3) is 0.0455. The summed E-state index contributed by atoms with van der Waals surface area (Å²) in [7, 11) is 0. The lowest BCUT2D eigenvalue weighted by Gasteiger charge is -2.13. The van der Waals surface area contributed by atoms with Crippen LogP contribution in [0.15, 0.2) is 76.3 Å². The predicted octanol–water partition coefficient (Wildman–Crippen LogP) is 6.19. The van der Waals surface area contributed by atoms with Crippen LogP contribution in [0.1, 0.15) is 21.5 Å². The van der Waals surface area contributed by atoms with E-state index in [1.807, 2.05) is 49.4 Å². The summed E-state index contributed by atoms with van der Waals surface area (Å²) in [5.41, 5.74) is 2.91. The molecule has 1 heterocycles. The van der Waals surface area contributed by atoms with Gasteiger partial charge in [0.05, 0.1) is 16.4 Å². The molecule has 0 saturated carbocycles. The number of nitrogens with zero attached hydrogens (tertiary/aromatic N) is 3. The Morgan fingerprint density at radius 3 is 2.69 bits per heavy atom. The van der Waals surface area contributed by atoms with Gasteiger partial charge in [0.2, 0.25) is 5.13 Å². The summed E-state index contributed by atoms with van der Waals surface area (Å²) in [6.07, 6.45) is 1.58. The minimum atomic E-state index is -0.479. The summed E-state index contributed by atoms with van der Waals surface area (Å²) >= 11 is 4.76. The summed E-state index contributed by atoms with van der Waals surface area (Å²) in [6, 6.07) is 19.0. The topological polar surface area (TPSA) is 45.6 Å². The average molecular weight is 468 g/mol. The van der Waals surface area contributed by atoms with E-state index in [2.05, 4.69) is 26.0 Å². The summed E-state index contributed by atoms with van der Waals surface area (Å²) in [4.78, 5) is 17.7. The molecule has 0 aliphatic carbocycles. The second kappa shape index (κ2) is 8.23. The first-order valence-corrected chi connectivity index (χ1v) is 10.4. The summed E-state index contributed by atoms with van der Waals surface area (Å²) in [5.74, 6) is -0.929. The minimum absolute atomic E-state index is 0.202. The molecule has 0 unspecified atom stereocenters. The average Bonchev–Trinajstić information content (AvgIpc) is 3.12. The Morgan fingerprint density at radius 1 is 1.14 bits per heavy atom. The molecule has 144 valence electrons. The molecule has 7 heteroatoms. The quantitative estimate of drug-likeness (QED) is 0.265. The number of carbonyl (C=O) groups excluding carboxylic acids is 1. The van der Waals surface area contributed by atoms with Gasteiger partial charge in [0.15, 0.2) is 0 Å². The highest BCUT2D eigenvalue weighted by molar-refractivity contribution is 9.10. The maximum absolute atomic E-state index is 13.7. The number of hydrogen-bond acceptors (Lipinski definition) is 4. The first kappa shape index (κ1) is 19.4. The Bertz CT molecular complexity index is 1220. The van der Waals surface area contributed by atoms with Crippen LogP contribution >= 0.6 is 27.3 Å². The molecular formula is C22H15BrFN3OS. The third kappa shape index (κ3) is 4.41. The standard InChI is InChI=1S/C22H15BrFN3OS/c1-14-5-10-19-20(11-14)29-22(26-19)27(21(28)16-3-2-4-18(24)12-16)25-13-15-6-8-17(23)9-7-15/h2-13H,1H3/b25-13+. The lowest BCUT2D eigenvalue weighted by molar-refractivity contribution is 0.0987. The number of aryl methyl sites for hydroxylation is 1. The van der Waals surface area contributed by atoms with Gasteiger partial charge < -0.3 is 0 Å². The zero-order valence-electron chi connectivity index (χ0n) is 15.3. The highest BCUT2D eigenvalue weighted by Crippen LogP contribution is 2.30. The van der Waals surface area contributed by atoms with E-state index in [0.717, 1.165) is 25.8 Å². The molecule has 0 saturated heterocycles. The zero-order chi connectivity index (χ0) is 20.4. The van der Waals surface area contributed by atoms with Gasteiger partial charge in [0.25, 0.3) is 5.91 Å². The molecule has 4 nitrogen and oxygen atoms in total. The van der Waals surface area contributed by atoms with Crippen molar-refractivity contribution in [2.24, 2.45) is 5.10 Å². The van der Waals surface area contributed by atoms with Crippen LogP contribution in [0.4, 0.5) is 9.52 Å². The highest BCUT2D eigenvalue weighted by atomic mass is 79.9. The molecule has 0 radical (unpaired) electrons. The molecule has 4 rings (SSSR count). The smallest absolute Gasteiger partial charge is 0.267 e. The molecule has 4 aromatic rings. The van der Waals surface area contributed by atoms with Gasteiger partial charge in [-0.1, -0.05) is 51.5 Å². The van der Waals surface area contributed by atoms with Crippen molar-refractivity contribution < 1.29 is 9.18 Å². The second-order valence-electron chi connectivity index (χ2n) is 6.39. The van der Waals surface area contributed by atoms with Crippen LogP contribution in [0.25, 0.3) is 10.2 Å². The molecular weight excluding hydrogens is 453 g/mol. The van der Waals surface area contributed by atoms with Crippen molar-refractivity contribution in [1.82, 2.24) is 4.98 Å². The lowest BCUT2D eigenvalue weighted by Crippen LogP contribution is -2.25. The van der Waals surface area contributed by atoms with Gasteiger partial charge in [-0.05, 0) is 60.5 Å². The monoisotopic (exact) mass is 467 g/mol. The van der Waals surface area contributed by atoms with Gasteiger partial charge in [-0.15, -0.1) is 0 Å². The number of carbonyl (C=O) groups is 1. The van der Waals surface area contributed by atoms with Crippen molar-refractivity contribution in [2.75, 3.05) is 5.01 Å². The van der Waals surface area contributed by atoms with E-state index in [-0.39, 0.29) is 5.56 Å². The van der Waals surface area contributed by atoms with Crippen molar-refractivity contribution in [3.63, 3.8) is 0 Å². The third-order valence-corrected chi connectivity index (χ3v) is 5.69. The normalized spacial score (nSPS) is 11.3. The SMILES string of the molecule is Cc1ccc2nc(N(/N=C/c3ccc(Br)cc3)C(=O)c3cccc(F)c3)sc2c1. The van der Waals surface area contributed by atoms with Crippen LogP contribution in [-0.2, 0) is 0 Å². The van der Waals surface area contributed by atoms with Gasteiger partial charge in [-0.25, -0.2) is 9.37 Å². The largest absolute Gasteiger partial charge is 0.280 e. The summed E-state index contributed by atoms with van der Waals surface area (Å²) < 4.78 is 15.6. The maximum atomic E-state index is 13.7. The molecule has 0 bridgehead atoms. The fourth-order valence-corrected chi connectivity index (χ4v) is 4.00. The Labute approximate surface area is 179 Å². The van der Waals surface area contributed by atoms with Crippen molar-refractivity contribution in [2.45, 2.75) is 6.92 Å². The molecule has 0 aliphatic heterocycles. The molecule has 1 amide bonds. The van der Waals surface area contributed by atoms with E-state index in [0.29, 0.717) is 5.13 Å². The minimum Gasteiger partial charge on any atom is -0.267 e. The Balaban J connectivity index is 1.76. The Hall–Kier alpha value is -2.90. The van der Waals surface area contributed by atoms with Crippen LogP contribution in [0.2, 0.25) is 0 Å². The Morgan fingerprint density at radius 2 is 1.93 bits per heavy atom. The first-order chi connectivity index (χ1) is 14.0. The van der Waals surface area contributed by atoms with Crippen molar-refractivity contribution in [3.8, 4) is 0 Å². The van der Waals surface area contributed by atoms with Crippen molar-refractivity contribution in [3.05, 3.63) is 93.7 Å². The molecule has 3 aromatic carbocycles. The molecule has 0 spiro atoms. The fourth-order valence-electron chi connectivity index (χ4n) is 2.72. The van der Waals surface area contributed by atoms with Crippen LogP contribution in [0.3, 0.4) is 0 Å². The summed E-state index contributed by atoms with van der Waals surface area (Å²) in [5, 5.41) is 6.03. The number of hydrazone groups is 1. The van der Waals surface area contributed by atoms with Gasteiger partial charge in [0.1, 0.15) is 5.82 Å². The van der Waals surface area contributed by atoms with Gasteiger partial charge in [0, 0.05) is 10.0 Å². The summed E-state index contributed by atoms with van der Waals surface area (Å²) in [6.45, 7) is 2.00. The van der Waals surface area contributed by atoms with E-state index < -0.39 is 11.7 Å². The predicted molar refractivity (Wildman–Crippen MR) is 119 cm³/mol. The lowest BCUT2D eigenvalue weighted by atomic mass is 10.2. The number of anilines is 1. The zero-order valence-corrected chi connectivity index (χ0v) is 17.7. The molecule has 29 heavy (non-hydrogen) atoms. The number of benzene rings is 3. The molecule has 0 N–H and O–H groups in total. The second-order valence-corrected chi connectivity index (χ2v) is 8.32. The number of hydrogen-bond donors (Lipinski definition) is 0. The number of halogens is 2. The number of amides is 1. The van der Waals surface area contributed by atoms with E-state index in [4.69, 9.17) is 0 Å². The number of thiazole rings is 1. The molecule has 0 fully saturated rings. The van der Waals surface area contributed by atoms with E-state index in [9.17, 15) is 9.18 Å². The maximum Gasteiger partial charge on any atom is 0.280 e. The van der Waals surface area contributed by atoms with Gasteiger partial charge >= 0.3 is 0 Å². The third-order valence-electron chi connectivity index (χ3n) is 4.17. The van der Waals surface area contributed by atoms with E-state index >= 15 is 0 Å². The molecule has 0 aliphatic rings. The first-order valence-electron chi connectivity index (χ1n) is 8.76. The van der Waals surface area contributed by atoms with Crippen LogP contribution in [-0.4, -0.2) is 17.1 Å². The van der Waals surface area contributed by atoms with Crippen molar-refractivity contribution >= 4 is 54.7 Å². The highest BCUT2D eigenvalue weighted by Gasteiger charge is 2.21. The van der Waals surface area contributed by atoms with Crippen molar-refractivity contribution in [1.29, 1.82) is 0 Å². The van der Waals surface area contributed by atoms with E-state index in [1.54, 1.807) is 12.3 Å². The number of aromatic nitrogens is 1. The molecule has 1 aromatic heterocycles. The van der Waals surface area contributed by atoms with Crippen LogP contribution in [0.5, 0.6) is 0 Å². The van der Waals surface area contributed by atoms with Gasteiger partial charge in [-0.3, -0.25) is 4.79 Å². The number of rotatable bonds is 4. The molecule has 0 atom stereocenters. The van der Waals surface area contributed by atoms with E-state index in [1.165, 1.54) is 34.5 Å². The van der Waals surface area contributed by atoms with Crippen LogP contribution in [0, 0.1) is 12.7 Å². The number of fused-ring (bicyclic) bond motifs is 1.